The van der Waals surface area contributed by atoms with Crippen molar-refractivity contribution in [1.82, 2.24) is 20.5 Å². The zero-order chi connectivity index (χ0) is 12.1. The van der Waals surface area contributed by atoms with Gasteiger partial charge in [-0.25, -0.2) is 9.78 Å². The van der Waals surface area contributed by atoms with Gasteiger partial charge in [-0.2, -0.15) is 0 Å². The molecule has 1 rings (SSSR count). The van der Waals surface area contributed by atoms with Crippen LogP contribution in [-0.2, 0) is 4.79 Å². The summed E-state index contributed by atoms with van der Waals surface area (Å²) in [6.07, 6.45) is -1.54. The SMILES string of the molecule is Cc1nc(C(=O)NCC[C@H](O)C(=O)O)n[nH]1. The molecule has 0 unspecified atom stereocenters. The Morgan fingerprint density at radius 1 is 1.56 bits per heavy atom. The van der Waals surface area contributed by atoms with E-state index in [4.69, 9.17) is 10.2 Å². The second-order valence-corrected chi connectivity index (χ2v) is 3.14. The van der Waals surface area contributed by atoms with E-state index in [1.165, 1.54) is 0 Å². The van der Waals surface area contributed by atoms with Crippen LogP contribution in [0.2, 0.25) is 0 Å². The zero-order valence-corrected chi connectivity index (χ0v) is 8.60. The van der Waals surface area contributed by atoms with Gasteiger partial charge in [0.15, 0.2) is 6.10 Å². The van der Waals surface area contributed by atoms with Crippen molar-refractivity contribution >= 4 is 11.9 Å². The topological polar surface area (TPSA) is 128 Å². The molecule has 0 aliphatic rings. The Hall–Kier alpha value is -1.96. The number of carboxylic acids is 1. The fourth-order valence-electron chi connectivity index (χ4n) is 0.969. The first kappa shape index (κ1) is 12.1. The smallest absolute Gasteiger partial charge is 0.332 e. The van der Waals surface area contributed by atoms with Crippen molar-refractivity contribution in [2.45, 2.75) is 19.4 Å². The van der Waals surface area contributed by atoms with Gasteiger partial charge in [-0.3, -0.25) is 9.89 Å². The third-order valence-electron chi connectivity index (χ3n) is 1.79. The van der Waals surface area contributed by atoms with Gasteiger partial charge in [-0.1, -0.05) is 0 Å². The van der Waals surface area contributed by atoms with E-state index in [0.717, 1.165) is 0 Å². The average Bonchev–Trinajstić information content (AvgIpc) is 2.64. The van der Waals surface area contributed by atoms with E-state index in [-0.39, 0.29) is 18.8 Å². The number of aliphatic hydroxyl groups is 1. The Morgan fingerprint density at radius 2 is 2.25 bits per heavy atom. The van der Waals surface area contributed by atoms with Crippen molar-refractivity contribution in [3.05, 3.63) is 11.6 Å². The molecule has 8 heteroatoms. The number of carbonyl (C=O) groups is 2. The van der Waals surface area contributed by atoms with Crippen molar-refractivity contribution in [1.29, 1.82) is 0 Å². The van der Waals surface area contributed by atoms with E-state index in [0.29, 0.717) is 5.82 Å². The molecule has 1 aromatic heterocycles. The van der Waals surface area contributed by atoms with Crippen LogP contribution in [0.15, 0.2) is 0 Å². The molecule has 1 aromatic rings. The molecule has 0 saturated heterocycles. The molecule has 16 heavy (non-hydrogen) atoms. The number of H-pyrrole nitrogens is 1. The number of aliphatic carboxylic acids is 1. The third kappa shape index (κ3) is 3.31. The molecule has 8 nitrogen and oxygen atoms in total. The molecule has 0 bridgehead atoms. The summed E-state index contributed by atoms with van der Waals surface area (Å²) < 4.78 is 0. The zero-order valence-electron chi connectivity index (χ0n) is 8.60. The van der Waals surface area contributed by atoms with Crippen molar-refractivity contribution in [3.8, 4) is 0 Å². The van der Waals surface area contributed by atoms with Gasteiger partial charge in [-0.15, -0.1) is 5.10 Å². The maximum Gasteiger partial charge on any atom is 0.332 e. The van der Waals surface area contributed by atoms with Crippen LogP contribution in [0.4, 0.5) is 0 Å². The molecule has 1 amide bonds. The lowest BCUT2D eigenvalue weighted by molar-refractivity contribution is -0.146. The van der Waals surface area contributed by atoms with Crippen LogP contribution in [-0.4, -0.2) is 49.9 Å². The number of amides is 1. The lowest BCUT2D eigenvalue weighted by atomic mass is 10.2. The molecular formula is C8H12N4O4. The predicted octanol–water partition coefficient (Wildman–Crippen LogP) is -1.32. The van der Waals surface area contributed by atoms with Crippen LogP contribution >= 0.6 is 0 Å². The van der Waals surface area contributed by atoms with E-state index in [2.05, 4.69) is 20.5 Å². The average molecular weight is 228 g/mol. The van der Waals surface area contributed by atoms with E-state index < -0.39 is 18.0 Å². The number of nitrogens with zero attached hydrogens (tertiary/aromatic N) is 2. The summed E-state index contributed by atoms with van der Waals surface area (Å²) in [6.45, 7) is 1.69. The molecule has 0 aliphatic carbocycles. The first-order valence-electron chi connectivity index (χ1n) is 4.58. The summed E-state index contributed by atoms with van der Waals surface area (Å²) in [6, 6.07) is 0. The van der Waals surface area contributed by atoms with Gasteiger partial charge in [0.1, 0.15) is 5.82 Å². The molecule has 0 saturated carbocycles. The maximum atomic E-state index is 11.3. The standard InChI is InChI=1S/C8H12N4O4/c1-4-10-6(12-11-4)7(14)9-3-2-5(13)8(15)16/h5,13H,2-3H2,1H3,(H,9,14)(H,15,16)(H,10,11,12)/t5-/m0/s1. The van der Waals surface area contributed by atoms with Crippen LogP contribution < -0.4 is 5.32 Å². The fraction of sp³-hybridized carbons (Fsp3) is 0.500. The summed E-state index contributed by atoms with van der Waals surface area (Å²) >= 11 is 0. The molecule has 0 aromatic carbocycles. The van der Waals surface area contributed by atoms with Crippen LogP contribution in [0.1, 0.15) is 22.9 Å². The second kappa shape index (κ2) is 5.21. The molecule has 88 valence electrons. The second-order valence-electron chi connectivity index (χ2n) is 3.14. The van der Waals surface area contributed by atoms with Crippen molar-refractivity contribution in [3.63, 3.8) is 0 Å². The fourth-order valence-corrected chi connectivity index (χ4v) is 0.969. The van der Waals surface area contributed by atoms with Crippen LogP contribution in [0, 0.1) is 6.92 Å². The quantitative estimate of drug-likeness (QED) is 0.494. The van der Waals surface area contributed by atoms with Crippen molar-refractivity contribution in [2.75, 3.05) is 6.54 Å². The minimum absolute atomic E-state index is 0.0117. The number of carboxylic acid groups (broad SMARTS) is 1. The molecule has 4 N–H and O–H groups in total. The minimum atomic E-state index is -1.48. The highest BCUT2D eigenvalue weighted by atomic mass is 16.4. The first-order valence-corrected chi connectivity index (χ1v) is 4.58. The molecule has 1 atom stereocenters. The largest absolute Gasteiger partial charge is 0.479 e. The summed E-state index contributed by atoms with van der Waals surface area (Å²) in [5.41, 5.74) is 0. The highest BCUT2D eigenvalue weighted by molar-refractivity contribution is 5.90. The van der Waals surface area contributed by atoms with Crippen molar-refractivity contribution < 1.29 is 19.8 Å². The van der Waals surface area contributed by atoms with Crippen LogP contribution in [0.25, 0.3) is 0 Å². The van der Waals surface area contributed by atoms with Gasteiger partial charge in [0.05, 0.1) is 0 Å². The van der Waals surface area contributed by atoms with Gasteiger partial charge < -0.3 is 15.5 Å². The number of rotatable bonds is 5. The summed E-state index contributed by atoms with van der Waals surface area (Å²) in [5, 5.41) is 25.8. The Morgan fingerprint density at radius 3 is 2.75 bits per heavy atom. The summed E-state index contributed by atoms with van der Waals surface area (Å²) in [7, 11) is 0. The number of hydrogen-bond donors (Lipinski definition) is 4. The Labute approximate surface area is 90.7 Å². The van der Waals surface area contributed by atoms with E-state index >= 15 is 0 Å². The van der Waals surface area contributed by atoms with Crippen LogP contribution in [0.5, 0.6) is 0 Å². The van der Waals surface area contributed by atoms with Gasteiger partial charge >= 0.3 is 5.97 Å². The van der Waals surface area contributed by atoms with E-state index in [1.54, 1.807) is 6.92 Å². The normalized spacial score (nSPS) is 12.1. The highest BCUT2D eigenvalue weighted by Gasteiger charge is 2.14. The predicted molar refractivity (Wildman–Crippen MR) is 51.7 cm³/mol. The molecule has 0 aliphatic heterocycles. The van der Waals surface area contributed by atoms with E-state index in [9.17, 15) is 9.59 Å². The van der Waals surface area contributed by atoms with Crippen LogP contribution in [0.3, 0.4) is 0 Å². The number of aryl methyl sites for hydroxylation is 1. The monoisotopic (exact) mass is 228 g/mol. The van der Waals surface area contributed by atoms with Gasteiger partial charge in [-0.05, 0) is 6.92 Å². The number of aromatic nitrogens is 3. The number of aliphatic hydroxyl groups excluding tert-OH is 1. The lowest BCUT2D eigenvalue weighted by Crippen LogP contribution is -2.30. The Bertz CT molecular complexity index is 389. The van der Waals surface area contributed by atoms with Gasteiger partial charge in [0.2, 0.25) is 5.82 Å². The molecule has 1 heterocycles. The number of carbonyl (C=O) groups excluding carboxylic acids is 1. The highest BCUT2D eigenvalue weighted by Crippen LogP contribution is 1.93. The number of hydrogen-bond acceptors (Lipinski definition) is 5. The minimum Gasteiger partial charge on any atom is -0.479 e. The maximum absolute atomic E-state index is 11.3. The van der Waals surface area contributed by atoms with E-state index in [1.807, 2.05) is 0 Å². The molecule has 0 fully saturated rings. The molecule has 0 spiro atoms. The Kier molecular flexibility index (Phi) is 3.95. The number of nitrogens with one attached hydrogen (secondary N) is 2. The lowest BCUT2D eigenvalue weighted by Gasteiger charge is -2.05. The summed E-state index contributed by atoms with van der Waals surface area (Å²) in [4.78, 5) is 25.4. The summed E-state index contributed by atoms with van der Waals surface area (Å²) in [5.74, 6) is -1.33. The first-order chi connectivity index (χ1) is 7.50. The molecular weight excluding hydrogens is 216 g/mol. The number of aromatic amines is 1. The van der Waals surface area contributed by atoms with Gasteiger partial charge in [0, 0.05) is 13.0 Å². The third-order valence-corrected chi connectivity index (χ3v) is 1.79. The van der Waals surface area contributed by atoms with Gasteiger partial charge in [0.25, 0.3) is 5.91 Å². The van der Waals surface area contributed by atoms with Crippen molar-refractivity contribution in [2.24, 2.45) is 0 Å². The Balaban J connectivity index is 2.34. The molecule has 0 radical (unpaired) electrons.